The first-order valence-corrected chi connectivity index (χ1v) is 9.62. The fourth-order valence-electron chi connectivity index (χ4n) is 3.99. The Labute approximate surface area is 165 Å². The second kappa shape index (κ2) is 8.52. The van der Waals surface area contributed by atoms with Crippen LogP contribution in [0.4, 0.5) is 0 Å². The molecule has 2 heterocycles. The minimum absolute atomic E-state index is 0.00392. The Hall–Kier alpha value is -2.73. The van der Waals surface area contributed by atoms with Crippen LogP contribution in [-0.4, -0.2) is 64.0 Å². The quantitative estimate of drug-likeness (QED) is 0.833. The molecule has 6 heteroatoms. The summed E-state index contributed by atoms with van der Waals surface area (Å²) in [5.41, 5.74) is 3.17. The summed E-state index contributed by atoms with van der Waals surface area (Å²) in [6, 6.07) is 11.7. The number of carbonyl (C=O) groups excluding carboxylic acids is 2. The van der Waals surface area contributed by atoms with Crippen molar-refractivity contribution in [1.82, 2.24) is 14.8 Å². The van der Waals surface area contributed by atoms with Crippen molar-refractivity contribution in [2.45, 2.75) is 38.3 Å². The third-order valence-corrected chi connectivity index (χ3v) is 5.61. The van der Waals surface area contributed by atoms with E-state index < -0.39 is 0 Å². The lowest BCUT2D eigenvalue weighted by Crippen LogP contribution is -2.68. The van der Waals surface area contributed by atoms with Crippen molar-refractivity contribution < 1.29 is 14.7 Å². The topological polar surface area (TPSA) is 73.7 Å². The van der Waals surface area contributed by atoms with E-state index in [1.807, 2.05) is 49.5 Å². The van der Waals surface area contributed by atoms with Crippen LogP contribution in [0, 0.1) is 0 Å². The number of rotatable bonds is 6. The van der Waals surface area contributed by atoms with Crippen molar-refractivity contribution in [3.63, 3.8) is 0 Å². The molecular weight excluding hydrogens is 354 g/mol. The molecule has 1 fully saturated rings. The van der Waals surface area contributed by atoms with E-state index in [0.29, 0.717) is 13.0 Å². The van der Waals surface area contributed by atoms with E-state index in [9.17, 15) is 14.7 Å². The van der Waals surface area contributed by atoms with E-state index in [2.05, 4.69) is 4.98 Å². The number of hydrogen-bond acceptors (Lipinski definition) is 4. The monoisotopic (exact) mass is 381 g/mol. The molecule has 0 saturated carbocycles. The molecule has 6 nitrogen and oxygen atoms in total. The van der Waals surface area contributed by atoms with E-state index in [-0.39, 0.29) is 36.4 Å². The Bertz CT molecular complexity index is 823. The van der Waals surface area contributed by atoms with Crippen LogP contribution < -0.4 is 0 Å². The van der Waals surface area contributed by atoms with E-state index in [1.165, 1.54) is 6.92 Å². The summed E-state index contributed by atoms with van der Waals surface area (Å²) in [7, 11) is 1.74. The van der Waals surface area contributed by atoms with Gasteiger partial charge in [-0.05, 0) is 22.8 Å². The molecule has 1 aliphatic rings. The van der Waals surface area contributed by atoms with Crippen molar-refractivity contribution >= 4 is 11.8 Å². The van der Waals surface area contributed by atoms with Gasteiger partial charge in [0.25, 0.3) is 0 Å². The number of hydrogen-bond donors (Lipinski definition) is 1. The number of aromatic nitrogens is 1. The molecule has 2 amide bonds. The van der Waals surface area contributed by atoms with Gasteiger partial charge in [-0.25, -0.2) is 0 Å². The highest BCUT2D eigenvalue weighted by Crippen LogP contribution is 2.41. The summed E-state index contributed by atoms with van der Waals surface area (Å²) in [5, 5.41) is 9.94. The van der Waals surface area contributed by atoms with Crippen LogP contribution in [0.2, 0.25) is 0 Å². The van der Waals surface area contributed by atoms with Crippen LogP contribution >= 0.6 is 0 Å². The number of amides is 2. The number of nitrogens with zero attached hydrogens (tertiary/aromatic N) is 3. The molecular formula is C22H27N3O3. The number of carbonyl (C=O) groups is 2. The first-order chi connectivity index (χ1) is 13.5. The number of aliphatic hydroxyl groups is 1. The molecule has 148 valence electrons. The fraction of sp³-hybridized carbons (Fsp3) is 0.409. The maximum Gasteiger partial charge on any atom is 0.222 e. The van der Waals surface area contributed by atoms with Gasteiger partial charge >= 0.3 is 0 Å². The third kappa shape index (κ3) is 3.78. The summed E-state index contributed by atoms with van der Waals surface area (Å²) in [4.78, 5) is 31.7. The zero-order valence-corrected chi connectivity index (χ0v) is 16.6. The summed E-state index contributed by atoms with van der Waals surface area (Å²) >= 11 is 0. The molecule has 1 saturated heterocycles. The number of likely N-dealkylation sites (N-methyl/N-ethyl adjacent to an activating group) is 1. The van der Waals surface area contributed by atoms with Gasteiger partial charge in [-0.3, -0.25) is 14.6 Å². The number of pyridine rings is 1. The zero-order valence-electron chi connectivity index (χ0n) is 16.6. The Morgan fingerprint density at radius 1 is 1.14 bits per heavy atom. The number of benzene rings is 1. The summed E-state index contributed by atoms with van der Waals surface area (Å²) < 4.78 is 0. The average Bonchev–Trinajstić information content (AvgIpc) is 2.71. The molecule has 0 unspecified atom stereocenters. The van der Waals surface area contributed by atoms with Crippen LogP contribution in [0.15, 0.2) is 48.8 Å². The summed E-state index contributed by atoms with van der Waals surface area (Å²) in [6.45, 7) is 3.69. The molecule has 1 N–H and O–H groups in total. The van der Waals surface area contributed by atoms with Crippen LogP contribution in [-0.2, 0) is 9.59 Å². The highest BCUT2D eigenvalue weighted by Gasteiger charge is 2.50. The fourth-order valence-corrected chi connectivity index (χ4v) is 3.99. The minimum atomic E-state index is -0.262. The third-order valence-electron chi connectivity index (χ3n) is 5.61. The molecule has 1 aliphatic heterocycles. The van der Waals surface area contributed by atoms with Gasteiger partial charge < -0.3 is 14.9 Å². The minimum Gasteiger partial charge on any atom is -0.394 e. The van der Waals surface area contributed by atoms with Crippen LogP contribution in [0.1, 0.15) is 31.7 Å². The SMILES string of the molecule is CCC(=O)N1[C@H](CO)[C@H](c2ccc(-c3cccnc3)cc2)[C@@H]1CN(C)C(C)=O. The van der Waals surface area contributed by atoms with Gasteiger partial charge in [0.05, 0.1) is 18.7 Å². The van der Waals surface area contributed by atoms with Gasteiger partial charge in [-0.2, -0.15) is 0 Å². The van der Waals surface area contributed by atoms with E-state index in [4.69, 9.17) is 0 Å². The van der Waals surface area contributed by atoms with Crippen LogP contribution in [0.25, 0.3) is 11.1 Å². The Morgan fingerprint density at radius 3 is 2.39 bits per heavy atom. The van der Waals surface area contributed by atoms with Gasteiger partial charge in [0, 0.05) is 45.2 Å². The number of aliphatic hydroxyl groups excluding tert-OH is 1. The molecule has 0 aliphatic carbocycles. The summed E-state index contributed by atoms with van der Waals surface area (Å²) in [5.74, 6) is -0.0449. The molecule has 1 aromatic heterocycles. The normalized spacial score (nSPS) is 21.1. The maximum atomic E-state index is 12.4. The molecule has 2 aromatic rings. The van der Waals surface area contributed by atoms with Gasteiger partial charge in [0.2, 0.25) is 11.8 Å². The molecule has 28 heavy (non-hydrogen) atoms. The highest BCUT2D eigenvalue weighted by atomic mass is 16.3. The van der Waals surface area contributed by atoms with Gasteiger partial charge in [-0.1, -0.05) is 37.3 Å². The van der Waals surface area contributed by atoms with Gasteiger partial charge in [0.15, 0.2) is 0 Å². The van der Waals surface area contributed by atoms with Crippen LogP contribution in [0.3, 0.4) is 0 Å². The largest absolute Gasteiger partial charge is 0.394 e. The zero-order chi connectivity index (χ0) is 20.3. The standard InChI is InChI=1S/C22H27N3O3/c1-4-21(28)25-19(13-24(3)15(2)27)22(20(25)14-26)17-9-7-16(8-10-17)18-6-5-11-23-12-18/h5-12,19-20,22,26H,4,13-14H2,1-3H3/t19-,20+,22+/m0/s1. The van der Waals surface area contributed by atoms with Gasteiger partial charge in [-0.15, -0.1) is 0 Å². The first kappa shape index (κ1) is 20.0. The van der Waals surface area contributed by atoms with Crippen molar-refractivity contribution in [3.8, 4) is 11.1 Å². The lowest BCUT2D eigenvalue weighted by Gasteiger charge is -2.55. The van der Waals surface area contributed by atoms with Crippen molar-refractivity contribution in [2.24, 2.45) is 0 Å². The van der Waals surface area contributed by atoms with E-state index in [0.717, 1.165) is 16.7 Å². The Kier molecular flexibility index (Phi) is 6.09. The van der Waals surface area contributed by atoms with E-state index in [1.54, 1.807) is 23.0 Å². The predicted octanol–water partition coefficient (Wildman–Crippen LogP) is 2.29. The second-order valence-corrected chi connectivity index (χ2v) is 7.26. The lowest BCUT2D eigenvalue weighted by molar-refractivity contribution is -0.153. The smallest absolute Gasteiger partial charge is 0.222 e. The van der Waals surface area contributed by atoms with Crippen molar-refractivity contribution in [3.05, 3.63) is 54.4 Å². The molecule has 0 radical (unpaired) electrons. The highest BCUT2D eigenvalue weighted by molar-refractivity contribution is 5.79. The Morgan fingerprint density at radius 2 is 1.86 bits per heavy atom. The van der Waals surface area contributed by atoms with Crippen molar-refractivity contribution in [2.75, 3.05) is 20.2 Å². The lowest BCUT2D eigenvalue weighted by atomic mass is 9.74. The molecule has 3 atom stereocenters. The molecule has 0 bridgehead atoms. The van der Waals surface area contributed by atoms with Crippen LogP contribution in [0.5, 0.6) is 0 Å². The molecule has 0 spiro atoms. The maximum absolute atomic E-state index is 12.4. The second-order valence-electron chi connectivity index (χ2n) is 7.26. The molecule has 1 aromatic carbocycles. The first-order valence-electron chi connectivity index (χ1n) is 9.62. The average molecular weight is 381 g/mol. The molecule has 3 rings (SSSR count). The van der Waals surface area contributed by atoms with Crippen molar-refractivity contribution in [1.29, 1.82) is 0 Å². The summed E-state index contributed by atoms with van der Waals surface area (Å²) in [6.07, 6.45) is 3.94. The Balaban J connectivity index is 1.88. The number of likely N-dealkylation sites (tertiary alicyclic amines) is 1. The van der Waals surface area contributed by atoms with E-state index >= 15 is 0 Å². The predicted molar refractivity (Wildman–Crippen MR) is 108 cm³/mol. The van der Waals surface area contributed by atoms with Gasteiger partial charge in [0.1, 0.15) is 0 Å².